The van der Waals surface area contributed by atoms with Crippen molar-refractivity contribution in [2.24, 2.45) is 0 Å². The molecule has 0 aliphatic carbocycles. The molecule has 76 valence electrons. The highest BCUT2D eigenvalue weighted by molar-refractivity contribution is 7.89. The molecule has 0 spiro atoms. The molecule has 13 heavy (non-hydrogen) atoms. The molecule has 0 aromatic rings. The topological polar surface area (TPSA) is 6.48 Å². The minimum absolute atomic E-state index is 0.779. The zero-order chi connectivity index (χ0) is 10.4. The maximum atomic E-state index is 5.28. The maximum absolute atomic E-state index is 5.28. The van der Waals surface area contributed by atoms with E-state index < -0.39 is 0 Å². The highest BCUT2D eigenvalue weighted by Crippen LogP contribution is 1.98. The first kappa shape index (κ1) is 12.8. The molecule has 0 aromatic carbocycles. The summed E-state index contributed by atoms with van der Waals surface area (Å²) in [5, 5.41) is 0. The molecule has 0 heterocycles. The molecule has 0 saturated heterocycles. The number of likely N-dealkylation sites (N-methyl/N-ethyl adjacent to an activating group) is 2. The molecule has 0 aliphatic rings. The second-order valence-corrected chi connectivity index (χ2v) is 3.57. The van der Waals surface area contributed by atoms with Crippen LogP contribution in [0.1, 0.15) is 20.8 Å². The molecule has 0 saturated carbocycles. The summed E-state index contributed by atoms with van der Waals surface area (Å²) >= 11 is 10.5. The summed E-state index contributed by atoms with van der Waals surface area (Å²) in [6.45, 7) is 8.99. The molecule has 2 nitrogen and oxygen atoms in total. The quantitative estimate of drug-likeness (QED) is 0.668. The standard InChI is InChI=1S/C9H18N2S2/c1-5-10(4)8(12)9(13)11(6-2)7-3/h5-7H2,1-4H3. The van der Waals surface area contributed by atoms with Gasteiger partial charge >= 0.3 is 0 Å². The highest BCUT2D eigenvalue weighted by Gasteiger charge is 2.13. The Balaban J connectivity index is 4.32. The maximum Gasteiger partial charge on any atom is 0.136 e. The average Bonchev–Trinajstić information content (AvgIpc) is 2.17. The smallest absolute Gasteiger partial charge is 0.136 e. The van der Waals surface area contributed by atoms with Crippen LogP contribution in [0, 0.1) is 0 Å². The Kier molecular flexibility index (Phi) is 6.16. The van der Waals surface area contributed by atoms with Gasteiger partial charge in [-0.3, -0.25) is 0 Å². The van der Waals surface area contributed by atoms with Crippen molar-refractivity contribution in [3.63, 3.8) is 0 Å². The SMILES string of the molecule is CCN(C)C(=S)C(=S)N(CC)CC. The van der Waals surface area contributed by atoms with Crippen LogP contribution in [-0.4, -0.2) is 46.5 Å². The van der Waals surface area contributed by atoms with E-state index in [4.69, 9.17) is 24.4 Å². The second-order valence-electron chi connectivity index (χ2n) is 2.80. The van der Waals surface area contributed by atoms with Crippen molar-refractivity contribution in [2.75, 3.05) is 26.7 Å². The highest BCUT2D eigenvalue weighted by atomic mass is 32.1. The van der Waals surface area contributed by atoms with Crippen LogP contribution in [-0.2, 0) is 0 Å². The van der Waals surface area contributed by atoms with E-state index in [1.165, 1.54) is 0 Å². The first-order valence-electron chi connectivity index (χ1n) is 4.62. The largest absolute Gasteiger partial charge is 0.364 e. The predicted octanol–water partition coefficient (Wildman–Crippen LogP) is 1.93. The van der Waals surface area contributed by atoms with Gasteiger partial charge in [-0.15, -0.1) is 0 Å². The molecule has 4 heteroatoms. The van der Waals surface area contributed by atoms with Crippen molar-refractivity contribution < 1.29 is 0 Å². The zero-order valence-corrected chi connectivity index (χ0v) is 10.5. The van der Waals surface area contributed by atoms with Crippen LogP contribution in [0.4, 0.5) is 0 Å². The number of rotatable bonds is 3. The Morgan fingerprint density at radius 3 is 1.69 bits per heavy atom. The summed E-state index contributed by atoms with van der Waals surface area (Å²) in [4.78, 5) is 5.67. The van der Waals surface area contributed by atoms with Crippen molar-refractivity contribution >= 4 is 34.4 Å². The minimum atomic E-state index is 0.779. The third-order valence-corrected chi connectivity index (χ3v) is 3.14. The lowest BCUT2D eigenvalue weighted by atomic mass is 10.4. The van der Waals surface area contributed by atoms with Gasteiger partial charge in [0.1, 0.15) is 9.98 Å². The first-order valence-corrected chi connectivity index (χ1v) is 5.44. The summed E-state index contributed by atoms with van der Waals surface area (Å²) < 4.78 is 0. The van der Waals surface area contributed by atoms with Crippen molar-refractivity contribution in [1.29, 1.82) is 0 Å². The van der Waals surface area contributed by atoms with E-state index >= 15 is 0 Å². The van der Waals surface area contributed by atoms with E-state index in [0.29, 0.717) is 0 Å². The third-order valence-electron chi connectivity index (χ3n) is 2.05. The summed E-state index contributed by atoms with van der Waals surface area (Å²) in [6, 6.07) is 0. The van der Waals surface area contributed by atoms with Gasteiger partial charge in [-0.05, 0) is 20.8 Å². The van der Waals surface area contributed by atoms with Gasteiger partial charge in [-0.1, -0.05) is 24.4 Å². The lowest BCUT2D eigenvalue weighted by Gasteiger charge is -2.26. The fraction of sp³-hybridized carbons (Fsp3) is 0.778. The Hall–Kier alpha value is -0.220. The lowest BCUT2D eigenvalue weighted by Crippen LogP contribution is -2.41. The van der Waals surface area contributed by atoms with Crippen LogP contribution in [0.2, 0.25) is 0 Å². The van der Waals surface area contributed by atoms with Crippen LogP contribution in [0.15, 0.2) is 0 Å². The molecule has 0 amide bonds. The first-order chi connectivity index (χ1) is 6.08. The minimum Gasteiger partial charge on any atom is -0.364 e. The molecule has 0 unspecified atom stereocenters. The van der Waals surface area contributed by atoms with Crippen LogP contribution >= 0.6 is 24.4 Å². The number of nitrogens with zero attached hydrogens (tertiary/aromatic N) is 2. The van der Waals surface area contributed by atoms with Gasteiger partial charge in [-0.2, -0.15) is 0 Å². The molecule has 0 aliphatic heterocycles. The van der Waals surface area contributed by atoms with Gasteiger partial charge in [0, 0.05) is 26.7 Å². The van der Waals surface area contributed by atoms with E-state index in [2.05, 4.69) is 25.7 Å². The van der Waals surface area contributed by atoms with Gasteiger partial charge in [-0.25, -0.2) is 0 Å². The average molecular weight is 218 g/mol. The van der Waals surface area contributed by atoms with E-state index in [1.54, 1.807) is 0 Å². The van der Waals surface area contributed by atoms with E-state index in [9.17, 15) is 0 Å². The van der Waals surface area contributed by atoms with Crippen molar-refractivity contribution in [1.82, 2.24) is 9.80 Å². The zero-order valence-electron chi connectivity index (χ0n) is 8.83. The van der Waals surface area contributed by atoms with E-state index in [1.807, 2.05) is 11.9 Å². The molecule has 0 N–H and O–H groups in total. The molecule has 0 radical (unpaired) electrons. The molecule has 0 bridgehead atoms. The number of hydrogen-bond donors (Lipinski definition) is 0. The van der Waals surface area contributed by atoms with Gasteiger partial charge < -0.3 is 9.80 Å². The third kappa shape index (κ3) is 3.56. The Morgan fingerprint density at radius 1 is 0.923 bits per heavy atom. The molecule has 0 fully saturated rings. The fourth-order valence-corrected chi connectivity index (χ4v) is 1.63. The lowest BCUT2D eigenvalue weighted by molar-refractivity contribution is 0.469. The molecular formula is C9H18N2S2. The number of hydrogen-bond acceptors (Lipinski definition) is 2. The van der Waals surface area contributed by atoms with Gasteiger partial charge in [0.05, 0.1) is 0 Å². The van der Waals surface area contributed by atoms with E-state index in [-0.39, 0.29) is 0 Å². The summed E-state index contributed by atoms with van der Waals surface area (Å²) in [5.74, 6) is 0. The Morgan fingerprint density at radius 2 is 1.38 bits per heavy atom. The fourth-order valence-electron chi connectivity index (χ4n) is 0.953. The predicted molar refractivity (Wildman–Crippen MR) is 66.4 cm³/mol. The van der Waals surface area contributed by atoms with Crippen molar-refractivity contribution in [2.45, 2.75) is 20.8 Å². The number of thiocarbonyl (C=S) groups is 2. The normalized spacial score (nSPS) is 9.54. The van der Waals surface area contributed by atoms with Gasteiger partial charge in [0.25, 0.3) is 0 Å². The monoisotopic (exact) mass is 218 g/mol. The van der Waals surface area contributed by atoms with Crippen LogP contribution in [0.3, 0.4) is 0 Å². The van der Waals surface area contributed by atoms with Crippen LogP contribution < -0.4 is 0 Å². The van der Waals surface area contributed by atoms with Crippen molar-refractivity contribution in [3.05, 3.63) is 0 Å². The molecule has 0 atom stereocenters. The summed E-state index contributed by atoms with van der Waals surface area (Å²) in [7, 11) is 1.97. The molecule has 0 aromatic heterocycles. The second kappa shape index (κ2) is 6.27. The summed E-state index contributed by atoms with van der Waals surface area (Å²) in [6.07, 6.45) is 0. The van der Waals surface area contributed by atoms with E-state index in [0.717, 1.165) is 29.6 Å². The molecular weight excluding hydrogens is 200 g/mol. The summed E-state index contributed by atoms with van der Waals surface area (Å²) in [5.41, 5.74) is 0. The van der Waals surface area contributed by atoms with Crippen LogP contribution in [0.5, 0.6) is 0 Å². The van der Waals surface area contributed by atoms with Crippen LogP contribution in [0.25, 0.3) is 0 Å². The Bertz CT molecular complexity index is 188. The van der Waals surface area contributed by atoms with Gasteiger partial charge in [0.2, 0.25) is 0 Å². The Labute approximate surface area is 91.9 Å². The van der Waals surface area contributed by atoms with Crippen molar-refractivity contribution in [3.8, 4) is 0 Å². The molecule has 0 rings (SSSR count). The van der Waals surface area contributed by atoms with Gasteiger partial charge in [0.15, 0.2) is 0 Å².